The van der Waals surface area contributed by atoms with Crippen LogP contribution in [0.2, 0.25) is 0 Å². The second kappa shape index (κ2) is 13.9. The first-order valence-electron chi connectivity index (χ1n) is 13.2. The topological polar surface area (TPSA) is 163 Å². The summed E-state index contributed by atoms with van der Waals surface area (Å²) < 4.78 is 70.4. The standard InChI is InChI=1S/C24H34N4O6S.C2HF3O2/c1-28-11-2-3-12-34-18-23(7-10-25-16-23)22(30)26-17-24(8-13-33-14-9-24)27-21(29)19-5-4-6-20(15-19)35(28,31)32;3-2(4,5)1(6)7/h2-6,15,25H,7-14,16-18H2,1H3,(H,26,30)(H,27,29);(H,6,7). The number of nitrogens with one attached hydrogen (secondary N) is 3. The Morgan fingerprint density at radius 1 is 1.07 bits per heavy atom. The van der Waals surface area contributed by atoms with Crippen molar-refractivity contribution in [2.75, 3.05) is 59.7 Å². The summed E-state index contributed by atoms with van der Waals surface area (Å²) in [6.07, 6.45) is 0.104. The van der Waals surface area contributed by atoms with E-state index >= 15 is 0 Å². The average molecular weight is 621 g/mol. The van der Waals surface area contributed by atoms with Gasteiger partial charge in [0.2, 0.25) is 15.9 Å². The lowest BCUT2D eigenvalue weighted by Crippen LogP contribution is -2.60. The monoisotopic (exact) mass is 620 g/mol. The number of ether oxygens (including phenoxy) is 2. The number of carboxylic acid groups (broad SMARTS) is 1. The van der Waals surface area contributed by atoms with Crippen molar-refractivity contribution in [2.45, 2.75) is 35.9 Å². The van der Waals surface area contributed by atoms with Gasteiger partial charge in [-0.1, -0.05) is 18.2 Å². The van der Waals surface area contributed by atoms with E-state index in [0.717, 1.165) is 6.54 Å². The second-order valence-electron chi connectivity index (χ2n) is 10.3. The van der Waals surface area contributed by atoms with E-state index in [2.05, 4.69) is 16.0 Å². The fourth-order valence-electron chi connectivity index (χ4n) is 4.67. The summed E-state index contributed by atoms with van der Waals surface area (Å²) in [7, 11) is -2.29. The minimum atomic E-state index is -5.08. The molecule has 12 nitrogen and oxygen atoms in total. The van der Waals surface area contributed by atoms with E-state index in [1.165, 1.54) is 23.5 Å². The lowest BCUT2D eigenvalue weighted by atomic mass is 9.85. The molecule has 0 aromatic heterocycles. The summed E-state index contributed by atoms with van der Waals surface area (Å²) >= 11 is 0. The highest BCUT2D eigenvalue weighted by molar-refractivity contribution is 7.89. The summed E-state index contributed by atoms with van der Waals surface area (Å²) in [6, 6.07) is 6.02. The fourth-order valence-corrected chi connectivity index (χ4v) is 5.84. The van der Waals surface area contributed by atoms with Gasteiger partial charge in [0.25, 0.3) is 5.91 Å². The number of likely N-dealkylation sites (N-methyl/N-ethyl adjacent to an activating group) is 1. The molecular formula is C26H35F3N4O8S. The number of halogens is 3. The molecule has 4 rings (SSSR count). The number of benzene rings is 1. The number of sulfonamides is 1. The average Bonchev–Trinajstić information content (AvgIpc) is 3.43. The van der Waals surface area contributed by atoms with Gasteiger partial charge in [-0.2, -0.15) is 17.5 Å². The molecule has 42 heavy (non-hydrogen) atoms. The second-order valence-corrected chi connectivity index (χ2v) is 12.4. The molecule has 1 aromatic carbocycles. The van der Waals surface area contributed by atoms with E-state index in [0.29, 0.717) is 39.0 Å². The third-order valence-electron chi connectivity index (χ3n) is 7.31. The van der Waals surface area contributed by atoms with Gasteiger partial charge >= 0.3 is 12.1 Å². The van der Waals surface area contributed by atoms with Crippen LogP contribution in [0.5, 0.6) is 0 Å². The molecule has 2 fully saturated rings. The number of nitrogens with zero attached hydrogens (tertiary/aromatic N) is 1. The van der Waals surface area contributed by atoms with Crippen molar-refractivity contribution < 1.29 is 50.6 Å². The van der Waals surface area contributed by atoms with Gasteiger partial charge in [-0.25, -0.2) is 13.2 Å². The van der Waals surface area contributed by atoms with Crippen LogP contribution in [0.1, 0.15) is 29.6 Å². The van der Waals surface area contributed by atoms with Gasteiger partial charge in [-0.05, 0) is 44.0 Å². The van der Waals surface area contributed by atoms with Gasteiger partial charge in [-0.3, -0.25) is 9.59 Å². The number of rotatable bonds is 0. The van der Waals surface area contributed by atoms with Crippen molar-refractivity contribution >= 4 is 27.8 Å². The lowest BCUT2D eigenvalue weighted by molar-refractivity contribution is -0.192. The molecule has 0 aliphatic carbocycles. The Balaban J connectivity index is 0.000000616. The first-order chi connectivity index (χ1) is 19.7. The highest BCUT2D eigenvalue weighted by Gasteiger charge is 2.43. The number of carboxylic acids is 1. The number of hydrogen-bond donors (Lipinski definition) is 4. The third-order valence-corrected chi connectivity index (χ3v) is 9.13. The Morgan fingerprint density at radius 3 is 2.38 bits per heavy atom. The number of alkyl halides is 3. The predicted molar refractivity (Wildman–Crippen MR) is 143 cm³/mol. The quantitative estimate of drug-likeness (QED) is 0.309. The van der Waals surface area contributed by atoms with Crippen molar-refractivity contribution in [3.63, 3.8) is 0 Å². The van der Waals surface area contributed by atoms with E-state index in [4.69, 9.17) is 19.4 Å². The summed E-state index contributed by atoms with van der Waals surface area (Å²) in [5.74, 6) is -3.24. The summed E-state index contributed by atoms with van der Waals surface area (Å²) in [6.45, 7) is 3.07. The van der Waals surface area contributed by atoms with E-state index in [1.807, 2.05) is 0 Å². The molecule has 1 atom stereocenters. The molecule has 3 aliphatic rings. The highest BCUT2D eigenvalue weighted by atomic mass is 32.2. The van der Waals surface area contributed by atoms with Crippen molar-refractivity contribution in [1.29, 1.82) is 0 Å². The maximum absolute atomic E-state index is 13.3. The molecule has 3 heterocycles. The van der Waals surface area contributed by atoms with E-state index in [9.17, 15) is 31.2 Å². The van der Waals surface area contributed by atoms with Crippen molar-refractivity contribution in [3.05, 3.63) is 42.0 Å². The number of aliphatic carboxylic acids is 1. The number of fused-ring (bicyclic) bond motifs is 2. The van der Waals surface area contributed by atoms with Crippen LogP contribution >= 0.6 is 0 Å². The number of carbonyl (C=O) groups is 3. The molecule has 2 spiro atoms. The molecule has 2 amide bonds. The SMILES string of the molecule is CN1CC=CCOCC2(CCNC2)C(=O)NCC2(CCOCC2)NC(=O)c2cccc(c2)S1(=O)=O.O=C(O)C(F)(F)F. The van der Waals surface area contributed by atoms with Crippen molar-refractivity contribution in [3.8, 4) is 0 Å². The van der Waals surface area contributed by atoms with E-state index in [1.54, 1.807) is 24.3 Å². The van der Waals surface area contributed by atoms with Crippen LogP contribution in [0, 0.1) is 5.41 Å². The van der Waals surface area contributed by atoms with Gasteiger partial charge in [0.05, 0.1) is 29.1 Å². The zero-order chi connectivity index (χ0) is 31.0. The van der Waals surface area contributed by atoms with Crippen LogP contribution in [0.4, 0.5) is 13.2 Å². The molecule has 1 aromatic rings. The van der Waals surface area contributed by atoms with Crippen LogP contribution in [0.3, 0.4) is 0 Å². The van der Waals surface area contributed by atoms with Crippen molar-refractivity contribution in [1.82, 2.24) is 20.3 Å². The molecular weight excluding hydrogens is 585 g/mol. The van der Waals surface area contributed by atoms with Gasteiger partial charge in [0.1, 0.15) is 0 Å². The molecule has 3 aliphatic heterocycles. The van der Waals surface area contributed by atoms with Crippen LogP contribution < -0.4 is 16.0 Å². The van der Waals surface area contributed by atoms with Gasteiger partial charge in [0, 0.05) is 45.5 Å². The first-order valence-corrected chi connectivity index (χ1v) is 14.6. The molecule has 2 saturated heterocycles. The maximum atomic E-state index is 13.3. The Hall–Kier alpha value is -3.05. The van der Waals surface area contributed by atoms with E-state index in [-0.39, 0.29) is 48.6 Å². The van der Waals surface area contributed by atoms with Gasteiger partial charge < -0.3 is 30.5 Å². The molecule has 2 bridgehead atoms. The Bertz CT molecular complexity index is 1260. The summed E-state index contributed by atoms with van der Waals surface area (Å²) in [5, 5.41) is 16.5. The number of carbonyl (C=O) groups excluding carboxylic acids is 2. The zero-order valence-electron chi connectivity index (χ0n) is 23.0. The van der Waals surface area contributed by atoms with Crippen LogP contribution in [0.15, 0.2) is 41.3 Å². The zero-order valence-corrected chi connectivity index (χ0v) is 23.9. The number of hydrogen-bond acceptors (Lipinski definition) is 8. The van der Waals surface area contributed by atoms with Crippen LogP contribution in [-0.4, -0.2) is 107 Å². The molecule has 4 N–H and O–H groups in total. The normalized spacial score (nSPS) is 25.4. The smallest absolute Gasteiger partial charge is 0.475 e. The first kappa shape index (κ1) is 33.5. The maximum Gasteiger partial charge on any atom is 0.490 e. The highest BCUT2D eigenvalue weighted by Crippen LogP contribution is 2.28. The minimum absolute atomic E-state index is 0.0448. The van der Waals surface area contributed by atoms with Crippen molar-refractivity contribution in [2.24, 2.45) is 5.41 Å². The molecule has 0 saturated carbocycles. The molecule has 16 heteroatoms. The molecule has 0 radical (unpaired) electrons. The van der Waals surface area contributed by atoms with Gasteiger partial charge in [0.15, 0.2) is 0 Å². The van der Waals surface area contributed by atoms with Crippen LogP contribution in [-0.2, 0) is 29.1 Å². The minimum Gasteiger partial charge on any atom is -0.475 e. The Morgan fingerprint density at radius 2 is 1.76 bits per heavy atom. The molecule has 1 unspecified atom stereocenters. The van der Waals surface area contributed by atoms with Crippen LogP contribution in [0.25, 0.3) is 0 Å². The number of amides is 2. The van der Waals surface area contributed by atoms with Gasteiger partial charge in [-0.15, -0.1) is 0 Å². The summed E-state index contributed by atoms with van der Waals surface area (Å²) in [5.41, 5.74) is -1.14. The third kappa shape index (κ3) is 8.50. The lowest BCUT2D eigenvalue weighted by Gasteiger charge is -2.39. The molecule has 234 valence electrons. The summed E-state index contributed by atoms with van der Waals surface area (Å²) in [4.78, 5) is 35.5. The fraction of sp³-hybridized carbons (Fsp3) is 0.577. The predicted octanol–water partition coefficient (Wildman–Crippen LogP) is 0.902. The Labute approximate surface area is 241 Å². The van der Waals surface area contributed by atoms with E-state index < -0.39 is 33.1 Å². The largest absolute Gasteiger partial charge is 0.490 e. The Kier molecular flexibility index (Phi) is 11.1.